The van der Waals surface area contributed by atoms with Gasteiger partial charge in [0.2, 0.25) is 0 Å². The second-order valence-electron chi connectivity index (χ2n) is 7.86. The van der Waals surface area contributed by atoms with Gasteiger partial charge >= 0.3 is 5.97 Å². The summed E-state index contributed by atoms with van der Waals surface area (Å²) < 4.78 is 10.8. The lowest BCUT2D eigenvalue weighted by atomic mass is 10.0. The third-order valence-corrected chi connectivity index (χ3v) is 5.16. The van der Waals surface area contributed by atoms with Crippen LogP contribution in [0.15, 0.2) is 42.5 Å². The summed E-state index contributed by atoms with van der Waals surface area (Å²) in [6, 6.07) is 10.3. The van der Waals surface area contributed by atoms with Crippen molar-refractivity contribution >= 4 is 23.6 Å². The number of imide groups is 1. The third-order valence-electron chi connectivity index (χ3n) is 5.16. The molecular weight excluding hydrogens is 398 g/mol. The van der Waals surface area contributed by atoms with Gasteiger partial charge < -0.3 is 9.47 Å². The SMILES string of the molecule is COc1ccc(C(C)=O)cc1COC(=O)C(CC(C)C)N1C(=O)c2ccccc2C1=O. The fourth-order valence-electron chi connectivity index (χ4n) is 3.60. The normalized spacial score (nSPS) is 13.9. The predicted molar refractivity (Wildman–Crippen MR) is 113 cm³/mol. The van der Waals surface area contributed by atoms with Crippen molar-refractivity contribution in [1.82, 2.24) is 4.90 Å². The van der Waals surface area contributed by atoms with E-state index in [9.17, 15) is 19.2 Å². The Hall–Kier alpha value is -3.48. The fourth-order valence-corrected chi connectivity index (χ4v) is 3.60. The molecule has 162 valence electrons. The average Bonchev–Trinajstić information content (AvgIpc) is 3.00. The van der Waals surface area contributed by atoms with Gasteiger partial charge in [-0.1, -0.05) is 26.0 Å². The van der Waals surface area contributed by atoms with Crippen molar-refractivity contribution in [2.24, 2.45) is 5.92 Å². The van der Waals surface area contributed by atoms with E-state index in [-0.39, 0.29) is 35.9 Å². The molecule has 2 aromatic carbocycles. The molecule has 0 fully saturated rings. The van der Waals surface area contributed by atoms with E-state index in [0.717, 1.165) is 4.90 Å². The number of esters is 1. The monoisotopic (exact) mass is 423 g/mol. The van der Waals surface area contributed by atoms with Crippen molar-refractivity contribution in [2.45, 2.75) is 39.8 Å². The van der Waals surface area contributed by atoms with Gasteiger partial charge in [-0.05, 0) is 49.6 Å². The molecule has 0 bridgehead atoms. The number of methoxy groups -OCH3 is 1. The molecular formula is C24H25NO6. The number of fused-ring (bicyclic) bond motifs is 1. The van der Waals surface area contributed by atoms with E-state index in [1.165, 1.54) is 14.0 Å². The van der Waals surface area contributed by atoms with Crippen LogP contribution in [0.1, 0.15) is 63.8 Å². The maximum Gasteiger partial charge on any atom is 0.329 e. The molecule has 1 unspecified atom stereocenters. The number of ether oxygens (including phenoxy) is 2. The third kappa shape index (κ3) is 4.50. The van der Waals surface area contributed by atoms with Gasteiger partial charge in [0.05, 0.1) is 18.2 Å². The zero-order valence-corrected chi connectivity index (χ0v) is 18.0. The summed E-state index contributed by atoms with van der Waals surface area (Å²) in [5, 5.41) is 0. The van der Waals surface area contributed by atoms with Crippen LogP contribution in [-0.4, -0.2) is 41.6 Å². The van der Waals surface area contributed by atoms with E-state index in [1.807, 2.05) is 13.8 Å². The predicted octanol–water partition coefficient (Wildman–Crippen LogP) is 3.65. The zero-order valence-electron chi connectivity index (χ0n) is 18.0. The minimum Gasteiger partial charge on any atom is -0.496 e. The van der Waals surface area contributed by atoms with Crippen LogP contribution in [0, 0.1) is 5.92 Å². The molecule has 1 aliphatic rings. The van der Waals surface area contributed by atoms with Crippen LogP contribution < -0.4 is 4.74 Å². The van der Waals surface area contributed by atoms with Gasteiger partial charge in [0.15, 0.2) is 5.78 Å². The highest BCUT2D eigenvalue weighted by Gasteiger charge is 2.43. The Morgan fingerprint density at radius 3 is 2.13 bits per heavy atom. The average molecular weight is 423 g/mol. The van der Waals surface area contributed by atoms with Crippen LogP contribution in [0.5, 0.6) is 5.75 Å². The molecule has 0 radical (unpaired) electrons. The van der Waals surface area contributed by atoms with Gasteiger partial charge in [-0.3, -0.25) is 19.3 Å². The number of hydrogen-bond acceptors (Lipinski definition) is 6. The number of carbonyl (C=O) groups excluding carboxylic acids is 4. The van der Waals surface area contributed by atoms with E-state index in [2.05, 4.69) is 0 Å². The van der Waals surface area contributed by atoms with Gasteiger partial charge in [-0.25, -0.2) is 4.79 Å². The van der Waals surface area contributed by atoms with Crippen LogP contribution in [0.4, 0.5) is 0 Å². The summed E-state index contributed by atoms with van der Waals surface area (Å²) >= 11 is 0. The summed E-state index contributed by atoms with van der Waals surface area (Å²) in [6.07, 6.45) is 0.273. The summed E-state index contributed by atoms with van der Waals surface area (Å²) in [7, 11) is 1.48. The molecule has 7 heteroatoms. The fraction of sp³-hybridized carbons (Fsp3) is 0.333. The highest BCUT2D eigenvalue weighted by Crippen LogP contribution is 2.28. The highest BCUT2D eigenvalue weighted by atomic mass is 16.5. The molecule has 0 N–H and O–H groups in total. The molecule has 1 atom stereocenters. The van der Waals surface area contributed by atoms with Gasteiger partial charge in [0.1, 0.15) is 18.4 Å². The van der Waals surface area contributed by atoms with Gasteiger partial charge in [-0.2, -0.15) is 0 Å². The van der Waals surface area contributed by atoms with Gasteiger partial charge in [0.25, 0.3) is 11.8 Å². The molecule has 0 aromatic heterocycles. The molecule has 1 heterocycles. The largest absolute Gasteiger partial charge is 0.496 e. The number of rotatable bonds is 8. The lowest BCUT2D eigenvalue weighted by Gasteiger charge is -2.26. The molecule has 31 heavy (non-hydrogen) atoms. The molecule has 0 spiro atoms. The number of benzene rings is 2. The molecule has 0 saturated heterocycles. The van der Waals surface area contributed by atoms with Crippen molar-refractivity contribution in [2.75, 3.05) is 7.11 Å². The Morgan fingerprint density at radius 1 is 1.00 bits per heavy atom. The van der Waals surface area contributed by atoms with Crippen LogP contribution >= 0.6 is 0 Å². The maximum atomic E-state index is 13.0. The van der Waals surface area contributed by atoms with Crippen molar-refractivity contribution in [1.29, 1.82) is 0 Å². The lowest BCUT2D eigenvalue weighted by Crippen LogP contribution is -2.46. The standard InChI is InChI=1S/C24H25NO6/c1-14(2)11-20(25-22(27)18-7-5-6-8-19(18)23(25)28)24(29)31-13-17-12-16(15(3)26)9-10-21(17)30-4/h5-10,12,14,20H,11,13H2,1-4H3. The smallest absolute Gasteiger partial charge is 0.329 e. The first-order valence-corrected chi connectivity index (χ1v) is 10.1. The van der Waals surface area contributed by atoms with E-state index >= 15 is 0 Å². The molecule has 2 aromatic rings. The van der Waals surface area contributed by atoms with Crippen molar-refractivity contribution in [3.8, 4) is 5.75 Å². The second-order valence-corrected chi connectivity index (χ2v) is 7.86. The second kappa shape index (κ2) is 9.12. The number of carbonyl (C=O) groups is 4. The Morgan fingerprint density at radius 2 is 1.61 bits per heavy atom. The number of ketones is 1. The first kappa shape index (κ1) is 22.2. The Labute approximate surface area is 180 Å². The number of nitrogens with zero attached hydrogens (tertiary/aromatic N) is 1. The van der Waals surface area contributed by atoms with E-state index < -0.39 is 23.8 Å². The Bertz CT molecular complexity index is 1010. The molecule has 3 rings (SSSR count). The highest BCUT2D eigenvalue weighted by molar-refractivity contribution is 6.22. The van der Waals surface area contributed by atoms with Crippen LogP contribution in [0.25, 0.3) is 0 Å². The van der Waals surface area contributed by atoms with Gasteiger partial charge in [0, 0.05) is 11.1 Å². The minimum atomic E-state index is -1.05. The number of amides is 2. The molecule has 0 aliphatic carbocycles. The lowest BCUT2D eigenvalue weighted by molar-refractivity contribution is -0.150. The molecule has 0 saturated carbocycles. The van der Waals surface area contributed by atoms with Crippen molar-refractivity contribution in [3.63, 3.8) is 0 Å². The molecule has 7 nitrogen and oxygen atoms in total. The first-order chi connectivity index (χ1) is 14.7. The Kier molecular flexibility index (Phi) is 6.53. The summed E-state index contributed by atoms with van der Waals surface area (Å²) in [5.41, 5.74) is 1.55. The van der Waals surface area contributed by atoms with E-state index in [0.29, 0.717) is 16.9 Å². The van der Waals surface area contributed by atoms with E-state index in [4.69, 9.17) is 9.47 Å². The topological polar surface area (TPSA) is 90.0 Å². The number of hydrogen-bond donors (Lipinski definition) is 0. The van der Waals surface area contributed by atoms with Crippen LogP contribution in [-0.2, 0) is 16.1 Å². The Balaban J connectivity index is 1.84. The first-order valence-electron chi connectivity index (χ1n) is 10.1. The quantitative estimate of drug-likeness (QED) is 0.366. The van der Waals surface area contributed by atoms with Crippen LogP contribution in [0.3, 0.4) is 0 Å². The van der Waals surface area contributed by atoms with Crippen LogP contribution in [0.2, 0.25) is 0 Å². The van der Waals surface area contributed by atoms with E-state index in [1.54, 1.807) is 42.5 Å². The molecule has 2 amide bonds. The summed E-state index contributed by atoms with van der Waals surface area (Å²) in [6.45, 7) is 5.09. The van der Waals surface area contributed by atoms with Crippen molar-refractivity contribution in [3.05, 3.63) is 64.7 Å². The number of Topliss-reactive ketones (excluding diaryl/α,β-unsaturated/α-hetero) is 1. The minimum absolute atomic E-state index is 0.0393. The van der Waals surface area contributed by atoms with Crippen molar-refractivity contribution < 1.29 is 28.7 Å². The molecule has 1 aliphatic heterocycles. The van der Waals surface area contributed by atoms with Gasteiger partial charge in [-0.15, -0.1) is 0 Å². The zero-order chi connectivity index (χ0) is 22.7. The summed E-state index contributed by atoms with van der Waals surface area (Å²) in [4.78, 5) is 51.4. The maximum absolute atomic E-state index is 13.0. The summed E-state index contributed by atoms with van der Waals surface area (Å²) in [5.74, 6) is -1.30.